The van der Waals surface area contributed by atoms with E-state index in [9.17, 15) is 0 Å². The smallest absolute Gasteiger partial charge is 0.161 e. The summed E-state index contributed by atoms with van der Waals surface area (Å²) in [5, 5.41) is 0. The highest BCUT2D eigenvalue weighted by Crippen LogP contribution is 2.29. The first-order chi connectivity index (χ1) is 9.53. The summed E-state index contributed by atoms with van der Waals surface area (Å²) < 4.78 is 10.6. The number of nitrogens with two attached hydrogens (primary N) is 1. The van der Waals surface area contributed by atoms with E-state index in [-0.39, 0.29) is 6.04 Å². The van der Waals surface area contributed by atoms with E-state index >= 15 is 0 Å². The minimum Gasteiger partial charge on any atom is -0.493 e. The molecule has 1 unspecified atom stereocenters. The molecule has 0 fully saturated rings. The van der Waals surface area contributed by atoms with Crippen LogP contribution in [0.15, 0.2) is 18.2 Å². The number of nitrogens with zero attached hydrogens (tertiary/aromatic N) is 1. The summed E-state index contributed by atoms with van der Waals surface area (Å²) in [6, 6.07) is 6.36. The van der Waals surface area contributed by atoms with Gasteiger partial charge in [-0.1, -0.05) is 13.0 Å². The van der Waals surface area contributed by atoms with E-state index in [0.717, 1.165) is 36.6 Å². The summed E-state index contributed by atoms with van der Waals surface area (Å²) in [6.45, 7) is 8.52. The van der Waals surface area contributed by atoms with Crippen molar-refractivity contribution >= 4 is 0 Å². The minimum atomic E-state index is -0.0243. The third-order valence-electron chi connectivity index (χ3n) is 3.51. The van der Waals surface area contributed by atoms with E-state index in [4.69, 9.17) is 15.2 Å². The molecule has 0 bridgehead atoms. The first kappa shape index (κ1) is 16.8. The molecule has 0 aliphatic rings. The Morgan fingerprint density at radius 1 is 1.15 bits per heavy atom. The van der Waals surface area contributed by atoms with Gasteiger partial charge in [-0.15, -0.1) is 0 Å². The lowest BCUT2D eigenvalue weighted by Crippen LogP contribution is -2.37. The van der Waals surface area contributed by atoms with Crippen LogP contribution in [-0.2, 0) is 0 Å². The Balaban J connectivity index is 2.83. The van der Waals surface area contributed by atoms with E-state index in [1.807, 2.05) is 18.2 Å². The molecule has 4 heteroatoms. The first-order valence-electron chi connectivity index (χ1n) is 7.25. The minimum absolute atomic E-state index is 0.0243. The molecule has 0 aliphatic carbocycles. The highest BCUT2D eigenvalue weighted by Gasteiger charge is 2.16. The van der Waals surface area contributed by atoms with Crippen molar-refractivity contribution in [3.8, 4) is 11.5 Å². The molecule has 114 valence electrons. The van der Waals surface area contributed by atoms with Gasteiger partial charge in [0.15, 0.2) is 11.5 Å². The summed E-state index contributed by atoms with van der Waals surface area (Å²) in [6.07, 6.45) is 1.14. The van der Waals surface area contributed by atoms with Crippen LogP contribution in [-0.4, -0.2) is 38.3 Å². The van der Waals surface area contributed by atoms with Gasteiger partial charge in [0.1, 0.15) is 0 Å². The van der Waals surface area contributed by atoms with Crippen molar-refractivity contribution in [1.29, 1.82) is 0 Å². The normalized spacial score (nSPS) is 12.8. The van der Waals surface area contributed by atoms with Crippen LogP contribution in [0, 0.1) is 0 Å². The first-order valence-corrected chi connectivity index (χ1v) is 7.25. The maximum Gasteiger partial charge on any atom is 0.161 e. The van der Waals surface area contributed by atoms with Crippen molar-refractivity contribution in [1.82, 2.24) is 4.90 Å². The highest BCUT2D eigenvalue weighted by molar-refractivity contribution is 5.43. The Hall–Kier alpha value is -1.26. The van der Waals surface area contributed by atoms with Crippen molar-refractivity contribution in [3.05, 3.63) is 23.8 Å². The molecule has 0 radical (unpaired) electrons. The lowest BCUT2D eigenvalue weighted by Gasteiger charge is -2.29. The largest absolute Gasteiger partial charge is 0.493 e. The molecule has 2 N–H and O–H groups in total. The van der Waals surface area contributed by atoms with Gasteiger partial charge in [0.25, 0.3) is 0 Å². The topological polar surface area (TPSA) is 47.7 Å². The summed E-state index contributed by atoms with van der Waals surface area (Å²) in [7, 11) is 3.28. The number of rotatable bonds is 8. The molecular formula is C16H28N2O2. The van der Waals surface area contributed by atoms with Crippen molar-refractivity contribution in [3.63, 3.8) is 0 Å². The Morgan fingerprint density at radius 3 is 2.30 bits per heavy atom. The summed E-state index contributed by atoms with van der Waals surface area (Å²) in [4.78, 5) is 2.40. The van der Waals surface area contributed by atoms with Crippen LogP contribution < -0.4 is 15.2 Å². The SMILES string of the molecule is CCCN(CC(N)c1ccc(OC)c(OC)c1)C(C)C. The van der Waals surface area contributed by atoms with Gasteiger partial charge in [0, 0.05) is 18.6 Å². The maximum absolute atomic E-state index is 6.34. The predicted octanol–water partition coefficient (Wildman–Crippen LogP) is 2.82. The van der Waals surface area contributed by atoms with Gasteiger partial charge >= 0.3 is 0 Å². The number of methoxy groups -OCH3 is 2. The summed E-state index contributed by atoms with van der Waals surface area (Å²) in [5.74, 6) is 1.46. The second kappa shape index (κ2) is 8.12. The fourth-order valence-corrected chi connectivity index (χ4v) is 2.29. The predicted molar refractivity (Wildman–Crippen MR) is 83.5 cm³/mol. The van der Waals surface area contributed by atoms with Crippen LogP contribution in [0.5, 0.6) is 11.5 Å². The Morgan fingerprint density at radius 2 is 1.80 bits per heavy atom. The molecule has 0 aromatic heterocycles. The van der Waals surface area contributed by atoms with E-state index in [2.05, 4.69) is 25.7 Å². The fraction of sp³-hybridized carbons (Fsp3) is 0.625. The molecule has 0 spiro atoms. The molecule has 0 saturated carbocycles. The van der Waals surface area contributed by atoms with E-state index in [1.165, 1.54) is 0 Å². The molecule has 0 saturated heterocycles. The van der Waals surface area contributed by atoms with Crippen LogP contribution >= 0.6 is 0 Å². The van der Waals surface area contributed by atoms with E-state index in [0.29, 0.717) is 6.04 Å². The van der Waals surface area contributed by atoms with Crippen molar-refractivity contribution in [2.45, 2.75) is 39.3 Å². The third kappa shape index (κ3) is 4.39. The molecular weight excluding hydrogens is 252 g/mol. The number of hydrogen-bond donors (Lipinski definition) is 1. The maximum atomic E-state index is 6.34. The Labute approximate surface area is 122 Å². The van der Waals surface area contributed by atoms with Gasteiger partial charge in [-0.3, -0.25) is 4.90 Å². The van der Waals surface area contributed by atoms with Gasteiger partial charge in [-0.05, 0) is 44.5 Å². The average molecular weight is 280 g/mol. The van der Waals surface area contributed by atoms with Crippen molar-refractivity contribution in [2.24, 2.45) is 5.73 Å². The van der Waals surface area contributed by atoms with Crippen LogP contribution in [0.4, 0.5) is 0 Å². The fourth-order valence-electron chi connectivity index (χ4n) is 2.29. The van der Waals surface area contributed by atoms with Gasteiger partial charge in [0.2, 0.25) is 0 Å². The van der Waals surface area contributed by atoms with E-state index in [1.54, 1.807) is 14.2 Å². The molecule has 1 rings (SSSR count). The second-order valence-electron chi connectivity index (χ2n) is 5.31. The third-order valence-corrected chi connectivity index (χ3v) is 3.51. The zero-order valence-electron chi connectivity index (χ0n) is 13.3. The number of ether oxygens (including phenoxy) is 2. The number of benzene rings is 1. The lowest BCUT2D eigenvalue weighted by molar-refractivity contribution is 0.209. The molecule has 0 amide bonds. The van der Waals surface area contributed by atoms with Crippen LogP contribution in [0.2, 0.25) is 0 Å². The lowest BCUT2D eigenvalue weighted by atomic mass is 10.1. The van der Waals surface area contributed by atoms with Crippen molar-refractivity contribution in [2.75, 3.05) is 27.3 Å². The van der Waals surface area contributed by atoms with Gasteiger partial charge in [-0.25, -0.2) is 0 Å². The summed E-state index contributed by atoms with van der Waals surface area (Å²) >= 11 is 0. The Kier molecular flexibility index (Phi) is 6.82. The van der Waals surface area contributed by atoms with Crippen LogP contribution in [0.25, 0.3) is 0 Å². The number of hydrogen-bond acceptors (Lipinski definition) is 4. The standard InChI is InChI=1S/C16H28N2O2/c1-6-9-18(12(2)3)11-14(17)13-7-8-15(19-4)16(10-13)20-5/h7-8,10,12,14H,6,9,11,17H2,1-5H3. The molecule has 4 nitrogen and oxygen atoms in total. The zero-order valence-corrected chi connectivity index (χ0v) is 13.3. The second-order valence-corrected chi connectivity index (χ2v) is 5.31. The Bertz CT molecular complexity index is 407. The quantitative estimate of drug-likeness (QED) is 0.795. The highest BCUT2D eigenvalue weighted by atomic mass is 16.5. The van der Waals surface area contributed by atoms with Crippen molar-refractivity contribution < 1.29 is 9.47 Å². The summed E-state index contributed by atoms with van der Waals surface area (Å²) in [5.41, 5.74) is 7.41. The molecule has 0 aliphatic heterocycles. The molecule has 1 atom stereocenters. The van der Waals surface area contributed by atoms with Gasteiger partial charge in [0.05, 0.1) is 14.2 Å². The molecule has 20 heavy (non-hydrogen) atoms. The average Bonchev–Trinajstić information content (AvgIpc) is 2.45. The van der Waals surface area contributed by atoms with Gasteiger partial charge in [-0.2, -0.15) is 0 Å². The van der Waals surface area contributed by atoms with Crippen LogP contribution in [0.1, 0.15) is 38.8 Å². The monoisotopic (exact) mass is 280 g/mol. The van der Waals surface area contributed by atoms with E-state index < -0.39 is 0 Å². The molecule has 1 aromatic rings. The molecule has 0 heterocycles. The van der Waals surface area contributed by atoms with Gasteiger partial charge < -0.3 is 15.2 Å². The zero-order chi connectivity index (χ0) is 15.1. The molecule has 1 aromatic carbocycles. The van der Waals surface area contributed by atoms with Crippen LogP contribution in [0.3, 0.4) is 0 Å².